The Labute approximate surface area is 126 Å². The quantitative estimate of drug-likeness (QED) is 0.911. The first-order chi connectivity index (χ1) is 10.1. The van der Waals surface area contributed by atoms with Crippen LogP contribution < -0.4 is 0 Å². The van der Waals surface area contributed by atoms with E-state index in [1.165, 1.54) is 19.3 Å². The minimum Gasteiger partial charge on any atom is -0.333 e. The number of carbonyl (C=O) groups is 1. The van der Waals surface area contributed by atoms with Gasteiger partial charge in [-0.1, -0.05) is 33.6 Å². The van der Waals surface area contributed by atoms with E-state index in [9.17, 15) is 4.79 Å². The summed E-state index contributed by atoms with van der Waals surface area (Å²) in [5.74, 6) is 2.82. The molecule has 3 atom stereocenters. The molecule has 1 saturated heterocycles. The van der Waals surface area contributed by atoms with Crippen molar-refractivity contribution in [2.75, 3.05) is 6.54 Å². The van der Waals surface area contributed by atoms with E-state index in [-0.39, 0.29) is 11.8 Å². The third kappa shape index (κ3) is 2.70. The number of carbonyl (C=O) groups excluding carboxylic acids is 1. The summed E-state index contributed by atoms with van der Waals surface area (Å²) in [6.07, 6.45) is 6.06. The molecule has 3 rings (SSSR count). The van der Waals surface area contributed by atoms with Gasteiger partial charge in [0.25, 0.3) is 5.91 Å². The molecule has 5 heteroatoms. The summed E-state index contributed by atoms with van der Waals surface area (Å²) in [5, 5.41) is 7.04. The van der Waals surface area contributed by atoms with Crippen LogP contribution >= 0.6 is 0 Å². The first-order valence-electron chi connectivity index (χ1n) is 8.31. The molecule has 0 spiro atoms. The van der Waals surface area contributed by atoms with Crippen LogP contribution in [0.15, 0.2) is 0 Å². The summed E-state index contributed by atoms with van der Waals surface area (Å²) in [6, 6.07) is 0.399. The molecular formula is C16H26N4O. The van der Waals surface area contributed by atoms with E-state index >= 15 is 0 Å². The molecular weight excluding hydrogens is 264 g/mol. The smallest absolute Gasteiger partial charge is 0.293 e. The van der Waals surface area contributed by atoms with E-state index in [4.69, 9.17) is 0 Å². The molecule has 2 aliphatic rings. The van der Waals surface area contributed by atoms with Gasteiger partial charge in [0.15, 0.2) is 0 Å². The third-order valence-corrected chi connectivity index (χ3v) is 5.24. The number of H-pyrrole nitrogens is 1. The van der Waals surface area contributed by atoms with E-state index in [0.29, 0.717) is 17.8 Å². The molecule has 116 valence electrons. The largest absolute Gasteiger partial charge is 0.333 e. The highest BCUT2D eigenvalue weighted by atomic mass is 16.2. The molecule has 1 aromatic heterocycles. The van der Waals surface area contributed by atoms with Gasteiger partial charge in [0.2, 0.25) is 5.82 Å². The van der Waals surface area contributed by atoms with Gasteiger partial charge < -0.3 is 4.90 Å². The van der Waals surface area contributed by atoms with Gasteiger partial charge in [-0.15, -0.1) is 5.10 Å². The Morgan fingerprint density at radius 2 is 2.05 bits per heavy atom. The standard InChI is InChI=1S/C16H26N4O/c1-10(2)14-17-15(19-18-14)16(21)20-9-8-11(3)12-6-4-5-7-13(12)20/h10-13H,4-9H2,1-3H3,(H,17,18,19). The number of aromatic nitrogens is 3. The second-order valence-electron chi connectivity index (χ2n) is 6.98. The number of nitrogens with zero attached hydrogens (tertiary/aromatic N) is 3. The maximum atomic E-state index is 12.8. The van der Waals surface area contributed by atoms with Crippen molar-refractivity contribution >= 4 is 5.91 Å². The normalized spacial score (nSPS) is 29.5. The Kier molecular flexibility index (Phi) is 4.00. The van der Waals surface area contributed by atoms with Gasteiger partial charge in [-0.3, -0.25) is 9.89 Å². The lowest BCUT2D eigenvalue weighted by Gasteiger charge is -2.46. The fourth-order valence-corrected chi connectivity index (χ4v) is 3.92. The number of hydrogen-bond acceptors (Lipinski definition) is 3. The number of amides is 1. The fraction of sp³-hybridized carbons (Fsp3) is 0.812. The van der Waals surface area contributed by atoms with Gasteiger partial charge in [-0.2, -0.15) is 0 Å². The Morgan fingerprint density at radius 1 is 1.29 bits per heavy atom. The van der Waals surface area contributed by atoms with Crippen LogP contribution in [0, 0.1) is 11.8 Å². The summed E-state index contributed by atoms with van der Waals surface area (Å²) in [4.78, 5) is 19.2. The number of hydrogen-bond donors (Lipinski definition) is 1. The highest BCUT2D eigenvalue weighted by Crippen LogP contribution is 2.39. The van der Waals surface area contributed by atoms with Crippen LogP contribution in [-0.2, 0) is 0 Å². The highest BCUT2D eigenvalue weighted by Gasteiger charge is 2.40. The molecule has 1 aliphatic heterocycles. The molecule has 2 fully saturated rings. The Hall–Kier alpha value is -1.39. The SMILES string of the molecule is CC(C)c1nc(C(=O)N2CCC(C)C3CCCCC32)n[nH]1. The number of likely N-dealkylation sites (tertiary alicyclic amines) is 1. The first-order valence-corrected chi connectivity index (χ1v) is 8.31. The Bertz CT molecular complexity index is 510. The van der Waals surface area contributed by atoms with Crippen molar-refractivity contribution < 1.29 is 4.79 Å². The van der Waals surface area contributed by atoms with E-state index in [0.717, 1.165) is 31.1 Å². The lowest BCUT2D eigenvalue weighted by Crippen LogP contribution is -2.52. The minimum atomic E-state index is 0.0157. The molecule has 1 saturated carbocycles. The van der Waals surface area contributed by atoms with Crippen LogP contribution in [0.3, 0.4) is 0 Å². The predicted octanol–water partition coefficient (Wildman–Crippen LogP) is 2.97. The maximum absolute atomic E-state index is 12.8. The molecule has 1 aliphatic carbocycles. The molecule has 5 nitrogen and oxygen atoms in total. The molecule has 0 bridgehead atoms. The van der Waals surface area contributed by atoms with Crippen molar-refractivity contribution in [1.29, 1.82) is 0 Å². The zero-order chi connectivity index (χ0) is 15.0. The number of rotatable bonds is 2. The summed E-state index contributed by atoms with van der Waals surface area (Å²) in [5.41, 5.74) is 0. The number of nitrogens with one attached hydrogen (secondary N) is 1. The van der Waals surface area contributed by atoms with Crippen molar-refractivity contribution in [3.8, 4) is 0 Å². The molecule has 1 aromatic rings. The number of fused-ring (bicyclic) bond motifs is 1. The molecule has 1 N–H and O–H groups in total. The molecule has 2 heterocycles. The second-order valence-corrected chi connectivity index (χ2v) is 6.98. The Morgan fingerprint density at radius 3 is 2.76 bits per heavy atom. The Balaban J connectivity index is 1.79. The van der Waals surface area contributed by atoms with Crippen LogP contribution in [0.25, 0.3) is 0 Å². The fourth-order valence-electron chi connectivity index (χ4n) is 3.92. The van der Waals surface area contributed by atoms with Crippen molar-refractivity contribution in [2.45, 2.75) is 64.8 Å². The zero-order valence-electron chi connectivity index (χ0n) is 13.3. The average molecular weight is 290 g/mol. The van der Waals surface area contributed by atoms with Gasteiger partial charge >= 0.3 is 0 Å². The van der Waals surface area contributed by atoms with Crippen molar-refractivity contribution in [3.05, 3.63) is 11.6 Å². The zero-order valence-corrected chi connectivity index (χ0v) is 13.3. The van der Waals surface area contributed by atoms with Crippen molar-refractivity contribution in [1.82, 2.24) is 20.1 Å². The van der Waals surface area contributed by atoms with Crippen LogP contribution in [-0.4, -0.2) is 38.6 Å². The van der Waals surface area contributed by atoms with Gasteiger partial charge in [-0.05, 0) is 31.1 Å². The minimum absolute atomic E-state index is 0.0157. The van der Waals surface area contributed by atoms with E-state index in [1.54, 1.807) is 0 Å². The summed E-state index contributed by atoms with van der Waals surface area (Å²) >= 11 is 0. The molecule has 3 unspecified atom stereocenters. The first kappa shape index (κ1) is 14.5. The summed E-state index contributed by atoms with van der Waals surface area (Å²) in [6.45, 7) is 7.30. The maximum Gasteiger partial charge on any atom is 0.293 e. The lowest BCUT2D eigenvalue weighted by molar-refractivity contribution is 0.0208. The van der Waals surface area contributed by atoms with E-state index < -0.39 is 0 Å². The lowest BCUT2D eigenvalue weighted by atomic mass is 9.72. The predicted molar refractivity (Wildman–Crippen MR) is 81.0 cm³/mol. The monoisotopic (exact) mass is 290 g/mol. The molecule has 1 amide bonds. The van der Waals surface area contributed by atoms with Crippen molar-refractivity contribution in [2.24, 2.45) is 11.8 Å². The molecule has 0 radical (unpaired) electrons. The van der Waals surface area contributed by atoms with E-state index in [2.05, 4.69) is 40.9 Å². The van der Waals surface area contributed by atoms with Gasteiger partial charge in [-0.25, -0.2) is 4.98 Å². The summed E-state index contributed by atoms with van der Waals surface area (Å²) in [7, 11) is 0. The number of aromatic amines is 1. The molecule has 0 aromatic carbocycles. The van der Waals surface area contributed by atoms with E-state index in [1.807, 2.05) is 0 Å². The van der Waals surface area contributed by atoms with Crippen LogP contribution in [0.5, 0.6) is 0 Å². The average Bonchev–Trinajstić information content (AvgIpc) is 2.97. The van der Waals surface area contributed by atoms with Gasteiger partial charge in [0.05, 0.1) is 0 Å². The summed E-state index contributed by atoms with van der Waals surface area (Å²) < 4.78 is 0. The van der Waals surface area contributed by atoms with Crippen molar-refractivity contribution in [3.63, 3.8) is 0 Å². The number of piperidine rings is 1. The van der Waals surface area contributed by atoms with Gasteiger partial charge in [0.1, 0.15) is 5.82 Å². The second kappa shape index (κ2) is 5.78. The highest BCUT2D eigenvalue weighted by molar-refractivity contribution is 5.90. The van der Waals surface area contributed by atoms with Gasteiger partial charge in [0, 0.05) is 18.5 Å². The van der Waals surface area contributed by atoms with Crippen LogP contribution in [0.2, 0.25) is 0 Å². The van der Waals surface area contributed by atoms with Crippen LogP contribution in [0.1, 0.15) is 75.2 Å². The third-order valence-electron chi connectivity index (χ3n) is 5.24. The molecule has 21 heavy (non-hydrogen) atoms. The van der Waals surface area contributed by atoms with Crippen LogP contribution in [0.4, 0.5) is 0 Å². The topological polar surface area (TPSA) is 61.9 Å².